The number of alkyl halides is 3. The lowest BCUT2D eigenvalue weighted by Crippen LogP contribution is -2.07. The number of carboxylic acids is 1. The topological polar surface area (TPSA) is 76.2 Å². The molecule has 2 aromatic carbocycles. The fourth-order valence-electron chi connectivity index (χ4n) is 3.07. The predicted molar refractivity (Wildman–Crippen MR) is 105 cm³/mol. The fourth-order valence-corrected chi connectivity index (χ4v) is 3.92. The Kier molecular flexibility index (Phi) is 5.10. The van der Waals surface area contributed by atoms with Crippen LogP contribution in [0.15, 0.2) is 51.7 Å². The van der Waals surface area contributed by atoms with Crippen molar-refractivity contribution in [1.29, 1.82) is 0 Å². The summed E-state index contributed by atoms with van der Waals surface area (Å²) in [6.45, 7) is 1.74. The Hall–Kier alpha value is -3.53. The van der Waals surface area contributed by atoms with Crippen LogP contribution in [0.5, 0.6) is 0 Å². The van der Waals surface area contributed by atoms with Crippen molar-refractivity contribution in [1.82, 2.24) is 10.1 Å². The molecule has 0 amide bonds. The second-order valence-corrected chi connectivity index (χ2v) is 7.39. The van der Waals surface area contributed by atoms with Gasteiger partial charge in [-0.3, -0.25) is 0 Å². The van der Waals surface area contributed by atoms with Gasteiger partial charge in [-0.1, -0.05) is 11.2 Å². The molecule has 1 N–H and O–H groups in total. The Balaban J connectivity index is 1.75. The number of hydrogen-bond donors (Lipinski definition) is 1. The number of rotatable bonds is 4. The number of aryl methyl sites for hydroxylation is 1. The first-order chi connectivity index (χ1) is 14.6. The van der Waals surface area contributed by atoms with Gasteiger partial charge >= 0.3 is 12.1 Å². The van der Waals surface area contributed by atoms with Gasteiger partial charge in [0.1, 0.15) is 5.82 Å². The molecule has 0 saturated carbocycles. The van der Waals surface area contributed by atoms with Gasteiger partial charge in [-0.2, -0.15) is 29.5 Å². The molecule has 31 heavy (non-hydrogen) atoms. The van der Waals surface area contributed by atoms with Crippen LogP contribution < -0.4 is 0 Å². The Labute approximate surface area is 176 Å². The zero-order valence-electron chi connectivity index (χ0n) is 15.7. The number of aromatic nitrogens is 2. The summed E-state index contributed by atoms with van der Waals surface area (Å²) in [6.07, 6.45) is -4.61. The molecule has 0 aliphatic carbocycles. The molecule has 0 fully saturated rings. The van der Waals surface area contributed by atoms with Crippen LogP contribution in [0.4, 0.5) is 17.6 Å². The first-order valence-electron chi connectivity index (χ1n) is 8.77. The van der Waals surface area contributed by atoms with Crippen molar-refractivity contribution in [2.75, 3.05) is 0 Å². The lowest BCUT2D eigenvalue weighted by Gasteiger charge is -2.13. The molecule has 0 aliphatic rings. The van der Waals surface area contributed by atoms with Gasteiger partial charge in [-0.05, 0) is 64.7 Å². The summed E-state index contributed by atoms with van der Waals surface area (Å²) in [5.41, 5.74) is 0.0643. The standard InChI is InChI=1S/C21H12F4N2O3S/c1-10-8-31-9-15(10)13-4-3-12(6-16(13)21(23,24)25)19-26-18(27-30-19)11-2-5-14(20(28)29)17(22)7-11/h2-9H,1H3,(H,28,29). The molecule has 0 spiro atoms. The lowest BCUT2D eigenvalue weighted by atomic mass is 9.97. The van der Waals surface area contributed by atoms with Crippen molar-refractivity contribution < 1.29 is 32.0 Å². The number of carboxylic acid groups (broad SMARTS) is 1. The molecule has 0 atom stereocenters. The molecule has 10 heteroatoms. The van der Waals surface area contributed by atoms with E-state index in [0.717, 1.165) is 23.8 Å². The van der Waals surface area contributed by atoms with Gasteiger partial charge in [-0.25, -0.2) is 9.18 Å². The van der Waals surface area contributed by atoms with Crippen LogP contribution in [-0.2, 0) is 6.18 Å². The quantitative estimate of drug-likeness (QED) is 0.371. The lowest BCUT2D eigenvalue weighted by molar-refractivity contribution is -0.137. The molecule has 4 aromatic rings. The smallest absolute Gasteiger partial charge is 0.417 e. The van der Waals surface area contributed by atoms with E-state index < -0.39 is 29.1 Å². The van der Waals surface area contributed by atoms with Crippen LogP contribution in [-0.4, -0.2) is 21.2 Å². The minimum Gasteiger partial charge on any atom is -0.478 e. The van der Waals surface area contributed by atoms with Crippen molar-refractivity contribution in [3.63, 3.8) is 0 Å². The SMILES string of the molecule is Cc1cscc1-c1ccc(-c2nc(-c3ccc(C(=O)O)c(F)c3)no2)cc1C(F)(F)F. The van der Waals surface area contributed by atoms with Crippen LogP contribution in [0.2, 0.25) is 0 Å². The van der Waals surface area contributed by atoms with E-state index in [1.807, 2.05) is 0 Å². The van der Waals surface area contributed by atoms with Gasteiger partial charge in [0.05, 0.1) is 11.1 Å². The molecule has 0 bridgehead atoms. The number of thiophene rings is 1. The minimum absolute atomic E-state index is 0.0427. The van der Waals surface area contributed by atoms with Gasteiger partial charge in [0.2, 0.25) is 5.82 Å². The van der Waals surface area contributed by atoms with Crippen LogP contribution in [0.3, 0.4) is 0 Å². The van der Waals surface area contributed by atoms with E-state index in [1.165, 1.54) is 29.5 Å². The van der Waals surface area contributed by atoms with Crippen molar-refractivity contribution in [2.45, 2.75) is 13.1 Å². The largest absolute Gasteiger partial charge is 0.478 e. The van der Waals surface area contributed by atoms with E-state index in [1.54, 1.807) is 17.7 Å². The summed E-state index contributed by atoms with van der Waals surface area (Å²) >= 11 is 1.31. The van der Waals surface area contributed by atoms with E-state index in [-0.39, 0.29) is 28.4 Å². The number of benzene rings is 2. The molecule has 2 heterocycles. The van der Waals surface area contributed by atoms with Crippen molar-refractivity contribution in [3.8, 4) is 34.0 Å². The molecule has 0 unspecified atom stereocenters. The summed E-state index contributed by atoms with van der Waals surface area (Å²) in [4.78, 5) is 15.0. The van der Waals surface area contributed by atoms with Gasteiger partial charge in [0.25, 0.3) is 5.89 Å². The molecule has 5 nitrogen and oxygen atoms in total. The maximum absolute atomic E-state index is 13.9. The van der Waals surface area contributed by atoms with Crippen LogP contribution in [0, 0.1) is 12.7 Å². The third kappa shape index (κ3) is 3.93. The van der Waals surface area contributed by atoms with Gasteiger partial charge in [0.15, 0.2) is 0 Å². The van der Waals surface area contributed by atoms with Crippen molar-refractivity contribution in [3.05, 3.63) is 69.7 Å². The molecule has 4 rings (SSSR count). The molecule has 158 valence electrons. The molecular weight excluding hydrogens is 436 g/mol. The van der Waals surface area contributed by atoms with Crippen LogP contribution in [0.1, 0.15) is 21.5 Å². The molecule has 2 aromatic heterocycles. The summed E-state index contributed by atoms with van der Waals surface area (Å²) in [7, 11) is 0. The number of carbonyl (C=O) groups is 1. The number of nitrogens with zero attached hydrogens (tertiary/aromatic N) is 2. The number of aromatic carboxylic acids is 1. The monoisotopic (exact) mass is 448 g/mol. The highest BCUT2D eigenvalue weighted by atomic mass is 32.1. The average Bonchev–Trinajstić information content (AvgIpc) is 3.36. The maximum Gasteiger partial charge on any atom is 0.417 e. The van der Waals surface area contributed by atoms with E-state index in [9.17, 15) is 22.4 Å². The molecule has 0 saturated heterocycles. The molecule has 0 aliphatic heterocycles. The Morgan fingerprint density at radius 2 is 1.81 bits per heavy atom. The van der Waals surface area contributed by atoms with E-state index in [0.29, 0.717) is 5.56 Å². The van der Waals surface area contributed by atoms with Crippen LogP contribution in [0.25, 0.3) is 34.0 Å². The zero-order valence-corrected chi connectivity index (χ0v) is 16.5. The highest BCUT2D eigenvalue weighted by Gasteiger charge is 2.35. The van der Waals surface area contributed by atoms with Crippen molar-refractivity contribution >= 4 is 17.3 Å². The Morgan fingerprint density at radius 3 is 2.42 bits per heavy atom. The number of halogens is 4. The Morgan fingerprint density at radius 1 is 1.06 bits per heavy atom. The van der Waals surface area contributed by atoms with E-state index in [4.69, 9.17) is 9.63 Å². The highest BCUT2D eigenvalue weighted by Crippen LogP contribution is 2.41. The second-order valence-electron chi connectivity index (χ2n) is 6.65. The Bertz CT molecular complexity index is 1290. The summed E-state index contributed by atoms with van der Waals surface area (Å²) in [5, 5.41) is 16.0. The third-order valence-electron chi connectivity index (χ3n) is 4.60. The summed E-state index contributed by atoms with van der Waals surface area (Å²) < 4.78 is 60.2. The fraction of sp³-hybridized carbons (Fsp3) is 0.0952. The maximum atomic E-state index is 13.9. The highest BCUT2D eigenvalue weighted by molar-refractivity contribution is 7.08. The third-order valence-corrected chi connectivity index (χ3v) is 5.46. The zero-order chi connectivity index (χ0) is 22.3. The van der Waals surface area contributed by atoms with Crippen LogP contribution >= 0.6 is 11.3 Å². The van der Waals surface area contributed by atoms with E-state index in [2.05, 4.69) is 10.1 Å². The van der Waals surface area contributed by atoms with Crippen molar-refractivity contribution in [2.24, 2.45) is 0 Å². The number of hydrogen-bond acceptors (Lipinski definition) is 5. The average molecular weight is 448 g/mol. The molecular formula is C21H12F4N2O3S. The molecule has 0 radical (unpaired) electrons. The van der Waals surface area contributed by atoms with Gasteiger partial charge < -0.3 is 9.63 Å². The minimum atomic E-state index is -4.61. The predicted octanol–water partition coefficient (Wildman–Crippen LogP) is 6.30. The second kappa shape index (κ2) is 7.62. The first kappa shape index (κ1) is 20.7. The normalized spacial score (nSPS) is 11.6. The summed E-state index contributed by atoms with van der Waals surface area (Å²) in [5.74, 6) is -2.70. The first-order valence-corrected chi connectivity index (χ1v) is 9.71. The summed E-state index contributed by atoms with van der Waals surface area (Å²) in [6, 6.07) is 6.96. The van der Waals surface area contributed by atoms with Gasteiger partial charge in [0, 0.05) is 11.1 Å². The van der Waals surface area contributed by atoms with Gasteiger partial charge in [-0.15, -0.1) is 0 Å². The van der Waals surface area contributed by atoms with E-state index >= 15 is 0 Å².